The van der Waals surface area contributed by atoms with E-state index in [-0.39, 0.29) is 42.0 Å². The minimum Gasteiger partial charge on any atom is -0.481 e. The smallest absolute Gasteiger partial charge is 0.264 e. The third-order valence-corrected chi connectivity index (χ3v) is 9.19. The van der Waals surface area contributed by atoms with Gasteiger partial charge in [0.15, 0.2) is 0 Å². The first kappa shape index (κ1) is 31.7. The number of aliphatic hydroxyl groups is 1. The minimum absolute atomic E-state index is 0.0275. The van der Waals surface area contributed by atoms with Gasteiger partial charge < -0.3 is 24.5 Å². The summed E-state index contributed by atoms with van der Waals surface area (Å²) in [6.45, 7) is -0.623. The van der Waals surface area contributed by atoms with Crippen molar-refractivity contribution in [1.29, 1.82) is 0 Å². The number of carbonyl (C=O) groups excluding carboxylic acids is 1. The number of ether oxygens (including phenoxy) is 2. The summed E-state index contributed by atoms with van der Waals surface area (Å²) in [7, 11) is 0.556. The van der Waals surface area contributed by atoms with Crippen LogP contribution in [0.25, 0.3) is 21.8 Å². The molecule has 13 heteroatoms. The van der Waals surface area contributed by atoms with Crippen LogP contribution in [-0.2, 0) is 33.3 Å². The van der Waals surface area contributed by atoms with E-state index in [1.165, 1.54) is 26.4 Å². The number of hydrogen-bond donors (Lipinski definition) is 3. The molecule has 5 rings (SSSR count). The van der Waals surface area contributed by atoms with Crippen LogP contribution in [0.2, 0.25) is 0 Å². The Morgan fingerprint density at radius 1 is 0.956 bits per heavy atom. The van der Waals surface area contributed by atoms with Gasteiger partial charge in [0, 0.05) is 41.5 Å². The van der Waals surface area contributed by atoms with Crippen LogP contribution in [-0.4, -0.2) is 68.9 Å². The number of sulfonamides is 1. The van der Waals surface area contributed by atoms with Crippen molar-refractivity contribution in [3.05, 3.63) is 90.5 Å². The number of aryl methyl sites for hydroxylation is 1. The number of aromatic nitrogens is 2. The number of rotatable bonds is 14. The SMILES string of the molecule is COc1ccc(N(CCNC(=O)C(CO)NOCc2ccccc2)S(=O)(=O)c2ccc3c(c2)c2ccccc2n3C)c(OC)n1. The fourth-order valence-corrected chi connectivity index (χ4v) is 6.54. The van der Waals surface area contributed by atoms with E-state index < -0.39 is 28.6 Å². The molecule has 3 N–H and O–H groups in total. The standard InChI is InChI=1S/C32H35N5O7S/c1-36-27-12-8-7-11-24(27)25-19-23(13-14-28(25)36)45(40,41)37(29-15-16-30(42-2)34-32(29)43-3)18-17-33-31(39)26(20-38)35-44-21-22-9-5-4-6-10-22/h4-16,19,26,35,38H,17-18,20-21H2,1-3H3,(H,33,39). The van der Waals surface area contributed by atoms with Gasteiger partial charge in [0.1, 0.15) is 11.7 Å². The lowest BCUT2D eigenvalue weighted by Crippen LogP contribution is -2.48. The van der Waals surface area contributed by atoms with Gasteiger partial charge in [-0.15, -0.1) is 0 Å². The lowest BCUT2D eigenvalue weighted by atomic mass is 10.1. The molecule has 0 radical (unpaired) electrons. The van der Waals surface area contributed by atoms with E-state index in [1.54, 1.807) is 18.2 Å². The molecule has 236 valence electrons. The molecule has 0 aliphatic heterocycles. The molecule has 1 amide bonds. The predicted molar refractivity (Wildman–Crippen MR) is 171 cm³/mol. The first-order chi connectivity index (χ1) is 21.8. The van der Waals surface area contributed by atoms with Crippen LogP contribution in [0.15, 0.2) is 89.8 Å². The Labute approximate surface area is 261 Å². The molecule has 1 unspecified atom stereocenters. The van der Waals surface area contributed by atoms with Crippen molar-refractivity contribution in [3.8, 4) is 11.8 Å². The zero-order valence-electron chi connectivity index (χ0n) is 25.1. The molecular weight excluding hydrogens is 598 g/mol. The lowest BCUT2D eigenvalue weighted by molar-refractivity contribution is -0.129. The zero-order valence-corrected chi connectivity index (χ0v) is 26.0. The summed E-state index contributed by atoms with van der Waals surface area (Å²) in [5.74, 6) is -0.301. The Kier molecular flexibility index (Phi) is 9.83. The minimum atomic E-state index is -4.20. The summed E-state index contributed by atoms with van der Waals surface area (Å²) >= 11 is 0. The summed E-state index contributed by atoms with van der Waals surface area (Å²) in [4.78, 5) is 22.6. The number of carbonyl (C=O) groups is 1. The highest BCUT2D eigenvalue weighted by Gasteiger charge is 2.29. The van der Waals surface area contributed by atoms with E-state index in [0.29, 0.717) is 0 Å². The number of amides is 1. The van der Waals surface area contributed by atoms with Gasteiger partial charge in [-0.2, -0.15) is 10.5 Å². The van der Waals surface area contributed by atoms with Gasteiger partial charge in [-0.05, 0) is 35.9 Å². The quantitative estimate of drug-likeness (QED) is 0.157. The Balaban J connectivity index is 1.40. The summed E-state index contributed by atoms with van der Waals surface area (Å²) in [6, 6.07) is 24.1. The van der Waals surface area contributed by atoms with E-state index >= 15 is 0 Å². The molecule has 0 saturated carbocycles. The van der Waals surface area contributed by atoms with Crippen molar-refractivity contribution in [2.75, 3.05) is 38.2 Å². The number of hydrogen-bond acceptors (Lipinski definition) is 9. The number of hydroxylamine groups is 1. The highest BCUT2D eigenvalue weighted by atomic mass is 32.2. The molecule has 5 aromatic rings. The molecule has 0 fully saturated rings. The maximum absolute atomic E-state index is 14.3. The topological polar surface area (TPSA) is 144 Å². The Bertz CT molecular complexity index is 1900. The fraction of sp³-hybridized carbons (Fsp3) is 0.250. The first-order valence-electron chi connectivity index (χ1n) is 14.2. The van der Waals surface area contributed by atoms with Crippen LogP contribution in [0.5, 0.6) is 11.8 Å². The van der Waals surface area contributed by atoms with Crippen molar-refractivity contribution in [2.24, 2.45) is 7.05 Å². The number of para-hydroxylation sites is 1. The number of fused-ring (bicyclic) bond motifs is 3. The fourth-order valence-electron chi connectivity index (χ4n) is 5.05. The average molecular weight is 634 g/mol. The predicted octanol–water partition coefficient (Wildman–Crippen LogP) is 3.14. The van der Waals surface area contributed by atoms with E-state index in [4.69, 9.17) is 14.3 Å². The monoisotopic (exact) mass is 633 g/mol. The Hall–Kier alpha value is -4.69. The molecule has 2 heterocycles. The number of pyridine rings is 1. The number of nitrogens with zero attached hydrogens (tertiary/aromatic N) is 3. The van der Waals surface area contributed by atoms with Crippen LogP contribution in [0.3, 0.4) is 0 Å². The number of aliphatic hydroxyl groups excluding tert-OH is 1. The van der Waals surface area contributed by atoms with E-state index in [0.717, 1.165) is 31.7 Å². The van der Waals surface area contributed by atoms with Gasteiger partial charge in [0.05, 0.1) is 38.9 Å². The third-order valence-electron chi connectivity index (χ3n) is 7.38. The molecule has 0 saturated heterocycles. The molecule has 0 aliphatic carbocycles. The molecular formula is C32H35N5O7S. The molecule has 3 aromatic carbocycles. The van der Waals surface area contributed by atoms with Crippen LogP contribution in [0.1, 0.15) is 5.56 Å². The van der Waals surface area contributed by atoms with Crippen LogP contribution in [0.4, 0.5) is 5.69 Å². The van der Waals surface area contributed by atoms with Crippen LogP contribution in [0, 0.1) is 0 Å². The molecule has 12 nitrogen and oxygen atoms in total. The second-order valence-corrected chi connectivity index (χ2v) is 12.0. The van der Waals surface area contributed by atoms with Crippen molar-refractivity contribution in [1.82, 2.24) is 20.3 Å². The second-order valence-electron chi connectivity index (χ2n) is 10.1. The summed E-state index contributed by atoms with van der Waals surface area (Å²) in [5.41, 5.74) is 5.47. The number of anilines is 1. The molecule has 2 aromatic heterocycles. The second kappa shape index (κ2) is 13.9. The Morgan fingerprint density at radius 2 is 1.69 bits per heavy atom. The van der Waals surface area contributed by atoms with Crippen LogP contribution >= 0.6 is 0 Å². The van der Waals surface area contributed by atoms with E-state index in [1.807, 2.05) is 66.2 Å². The lowest BCUT2D eigenvalue weighted by Gasteiger charge is -2.26. The zero-order chi connectivity index (χ0) is 32.0. The summed E-state index contributed by atoms with van der Waals surface area (Å²) < 4.78 is 42.4. The largest absolute Gasteiger partial charge is 0.481 e. The van der Waals surface area contributed by atoms with Gasteiger partial charge in [-0.1, -0.05) is 48.5 Å². The number of nitrogens with one attached hydrogen (secondary N) is 2. The van der Waals surface area contributed by atoms with Gasteiger partial charge in [-0.3, -0.25) is 13.9 Å². The maximum Gasteiger partial charge on any atom is 0.264 e. The summed E-state index contributed by atoms with van der Waals surface area (Å²) in [5, 5.41) is 14.2. The van der Waals surface area contributed by atoms with Gasteiger partial charge in [0.25, 0.3) is 10.0 Å². The number of methoxy groups -OCH3 is 2. The molecule has 45 heavy (non-hydrogen) atoms. The Morgan fingerprint density at radius 3 is 2.42 bits per heavy atom. The molecule has 1 atom stereocenters. The van der Waals surface area contributed by atoms with Crippen molar-refractivity contribution >= 4 is 43.4 Å². The highest BCUT2D eigenvalue weighted by molar-refractivity contribution is 7.92. The molecule has 0 spiro atoms. The van der Waals surface area contributed by atoms with Crippen molar-refractivity contribution in [2.45, 2.75) is 17.5 Å². The highest BCUT2D eigenvalue weighted by Crippen LogP contribution is 2.35. The first-order valence-corrected chi connectivity index (χ1v) is 15.6. The van der Waals surface area contributed by atoms with Gasteiger partial charge >= 0.3 is 0 Å². The van der Waals surface area contributed by atoms with Crippen LogP contribution < -0.4 is 24.6 Å². The summed E-state index contributed by atoms with van der Waals surface area (Å²) in [6.07, 6.45) is 0. The normalized spacial score (nSPS) is 12.3. The van der Waals surface area contributed by atoms with Gasteiger partial charge in [0.2, 0.25) is 17.7 Å². The number of benzene rings is 3. The van der Waals surface area contributed by atoms with Crippen molar-refractivity contribution in [3.63, 3.8) is 0 Å². The molecule has 0 bridgehead atoms. The third kappa shape index (κ3) is 6.71. The maximum atomic E-state index is 14.3. The van der Waals surface area contributed by atoms with Gasteiger partial charge in [-0.25, -0.2) is 8.42 Å². The molecule has 0 aliphatic rings. The van der Waals surface area contributed by atoms with E-state index in [9.17, 15) is 18.3 Å². The van der Waals surface area contributed by atoms with E-state index in [2.05, 4.69) is 15.8 Å². The average Bonchev–Trinajstić information content (AvgIpc) is 3.36. The van der Waals surface area contributed by atoms with Crippen molar-refractivity contribution < 1.29 is 32.6 Å².